The van der Waals surface area contributed by atoms with E-state index < -0.39 is 6.04 Å². The minimum absolute atomic E-state index is 0.156. The minimum Gasteiger partial charge on any atom is -0.326 e. The number of thiazole rings is 1. The minimum atomic E-state index is -0.390. The number of urea groups is 1. The first-order valence-corrected chi connectivity index (χ1v) is 8.64. The molecular formula is C17H19N3O2S. The van der Waals surface area contributed by atoms with Crippen LogP contribution in [0.15, 0.2) is 35.7 Å². The smallest absolute Gasteiger partial charge is 0.325 e. The van der Waals surface area contributed by atoms with Crippen molar-refractivity contribution in [3.8, 4) is 0 Å². The zero-order valence-electron chi connectivity index (χ0n) is 13.0. The Morgan fingerprint density at radius 2 is 2.00 bits per heavy atom. The summed E-state index contributed by atoms with van der Waals surface area (Å²) in [5, 5.41) is 5.65. The second kappa shape index (κ2) is 6.91. The standard InChI is InChI=1S/C17H19N3O2S/c1-2-14-16(21)20(17(22)19-14)10-13-11-23-15(18-13)9-8-12-6-4-3-5-7-12/h3-7,11,14H,2,8-10H2,1H3,(H,19,22). The summed E-state index contributed by atoms with van der Waals surface area (Å²) in [6.45, 7) is 2.14. The van der Waals surface area contributed by atoms with Gasteiger partial charge in [0.05, 0.1) is 17.2 Å². The van der Waals surface area contributed by atoms with Crippen LogP contribution < -0.4 is 5.32 Å². The summed E-state index contributed by atoms with van der Waals surface area (Å²) < 4.78 is 0. The Bertz CT molecular complexity index is 699. The highest BCUT2D eigenvalue weighted by molar-refractivity contribution is 7.09. The summed E-state index contributed by atoms with van der Waals surface area (Å²) >= 11 is 1.58. The molecule has 1 unspecified atom stereocenters. The van der Waals surface area contributed by atoms with Crippen LogP contribution in [0.3, 0.4) is 0 Å². The zero-order valence-corrected chi connectivity index (χ0v) is 13.8. The van der Waals surface area contributed by atoms with E-state index in [1.165, 1.54) is 10.5 Å². The van der Waals surface area contributed by atoms with Crippen LogP contribution in [-0.2, 0) is 24.2 Å². The summed E-state index contributed by atoms with van der Waals surface area (Å²) in [6.07, 6.45) is 2.42. The van der Waals surface area contributed by atoms with Crippen molar-refractivity contribution in [3.05, 3.63) is 52.0 Å². The Labute approximate surface area is 139 Å². The fourth-order valence-electron chi connectivity index (χ4n) is 2.60. The van der Waals surface area contributed by atoms with E-state index in [4.69, 9.17) is 0 Å². The maximum atomic E-state index is 12.1. The van der Waals surface area contributed by atoms with Crippen LogP contribution >= 0.6 is 11.3 Å². The molecule has 1 aromatic heterocycles. The molecule has 23 heavy (non-hydrogen) atoms. The highest BCUT2D eigenvalue weighted by Gasteiger charge is 2.36. The number of imide groups is 1. The summed E-state index contributed by atoms with van der Waals surface area (Å²) in [4.78, 5) is 29.7. The lowest BCUT2D eigenvalue weighted by molar-refractivity contribution is -0.127. The van der Waals surface area contributed by atoms with Crippen LogP contribution in [0.4, 0.5) is 4.79 Å². The third kappa shape index (κ3) is 3.59. The summed E-state index contributed by atoms with van der Waals surface area (Å²) in [5.41, 5.74) is 2.06. The fourth-order valence-corrected chi connectivity index (χ4v) is 3.39. The first kappa shape index (κ1) is 15.7. The molecule has 0 aliphatic carbocycles. The normalized spacial score (nSPS) is 17.6. The number of benzene rings is 1. The molecule has 2 aromatic rings. The molecular weight excluding hydrogens is 310 g/mol. The first-order chi connectivity index (χ1) is 11.2. The molecule has 3 rings (SSSR count). The van der Waals surface area contributed by atoms with E-state index in [1.807, 2.05) is 30.5 Å². The SMILES string of the molecule is CCC1NC(=O)N(Cc2csc(CCc3ccccc3)n2)C1=O. The van der Waals surface area contributed by atoms with Crippen LogP contribution in [0.25, 0.3) is 0 Å². The number of amides is 3. The highest BCUT2D eigenvalue weighted by atomic mass is 32.1. The Balaban J connectivity index is 1.59. The lowest BCUT2D eigenvalue weighted by Gasteiger charge is -2.10. The molecule has 1 atom stereocenters. The Hall–Kier alpha value is -2.21. The van der Waals surface area contributed by atoms with Gasteiger partial charge in [-0.3, -0.25) is 9.69 Å². The molecule has 5 nitrogen and oxygen atoms in total. The molecule has 1 aliphatic rings. The van der Waals surface area contributed by atoms with Gasteiger partial charge in [-0.1, -0.05) is 37.3 Å². The molecule has 120 valence electrons. The molecule has 0 saturated carbocycles. The molecule has 1 fully saturated rings. The van der Waals surface area contributed by atoms with Gasteiger partial charge in [0, 0.05) is 11.8 Å². The van der Waals surface area contributed by atoms with Gasteiger partial charge >= 0.3 is 6.03 Å². The van der Waals surface area contributed by atoms with E-state index >= 15 is 0 Å². The van der Waals surface area contributed by atoms with Crippen LogP contribution in [0.2, 0.25) is 0 Å². The quantitative estimate of drug-likeness (QED) is 0.829. The molecule has 0 radical (unpaired) electrons. The maximum absolute atomic E-state index is 12.1. The Morgan fingerprint density at radius 1 is 1.22 bits per heavy atom. The highest BCUT2D eigenvalue weighted by Crippen LogP contribution is 2.17. The zero-order chi connectivity index (χ0) is 16.2. The lowest BCUT2D eigenvalue weighted by Crippen LogP contribution is -2.30. The molecule has 1 N–H and O–H groups in total. The number of hydrogen-bond acceptors (Lipinski definition) is 4. The lowest BCUT2D eigenvalue weighted by atomic mass is 10.1. The van der Waals surface area contributed by atoms with E-state index in [-0.39, 0.29) is 18.5 Å². The van der Waals surface area contributed by atoms with Gasteiger partial charge in [-0.2, -0.15) is 0 Å². The van der Waals surface area contributed by atoms with Gasteiger partial charge in [0.25, 0.3) is 5.91 Å². The largest absolute Gasteiger partial charge is 0.326 e. The average Bonchev–Trinajstić information content (AvgIpc) is 3.13. The van der Waals surface area contributed by atoms with E-state index in [0.29, 0.717) is 6.42 Å². The number of hydrogen-bond donors (Lipinski definition) is 1. The number of nitrogens with one attached hydrogen (secondary N) is 1. The first-order valence-electron chi connectivity index (χ1n) is 7.76. The van der Waals surface area contributed by atoms with Crippen LogP contribution in [-0.4, -0.2) is 27.9 Å². The van der Waals surface area contributed by atoms with Crippen LogP contribution in [0.5, 0.6) is 0 Å². The van der Waals surface area contributed by atoms with Gasteiger partial charge in [0.1, 0.15) is 6.04 Å². The van der Waals surface area contributed by atoms with Crippen molar-refractivity contribution < 1.29 is 9.59 Å². The predicted molar refractivity (Wildman–Crippen MR) is 89.1 cm³/mol. The molecule has 6 heteroatoms. The van der Waals surface area contributed by atoms with Crippen LogP contribution in [0, 0.1) is 0 Å². The second-order valence-corrected chi connectivity index (χ2v) is 6.50. The number of carbonyl (C=O) groups excluding carboxylic acids is 2. The predicted octanol–water partition coefficient (Wildman–Crippen LogP) is 2.76. The molecule has 3 amide bonds. The van der Waals surface area contributed by atoms with Crippen LogP contribution in [0.1, 0.15) is 29.6 Å². The maximum Gasteiger partial charge on any atom is 0.325 e. The molecule has 1 aliphatic heterocycles. The summed E-state index contributed by atoms with van der Waals surface area (Å²) in [5.74, 6) is -0.156. The van der Waals surface area contributed by atoms with Crippen molar-refractivity contribution in [2.45, 2.75) is 38.8 Å². The molecule has 0 bridgehead atoms. The molecule has 1 saturated heterocycles. The summed E-state index contributed by atoms with van der Waals surface area (Å²) in [6, 6.07) is 9.57. The molecule has 2 heterocycles. The van der Waals surface area contributed by atoms with E-state index in [2.05, 4.69) is 22.4 Å². The molecule has 0 spiro atoms. The Kier molecular flexibility index (Phi) is 4.71. The topological polar surface area (TPSA) is 62.3 Å². The van der Waals surface area contributed by atoms with Crippen molar-refractivity contribution in [1.82, 2.24) is 15.2 Å². The van der Waals surface area contributed by atoms with Gasteiger partial charge in [-0.15, -0.1) is 11.3 Å². The number of nitrogens with zero attached hydrogens (tertiary/aromatic N) is 2. The average molecular weight is 329 g/mol. The number of rotatable bonds is 6. The van der Waals surface area contributed by atoms with E-state index in [1.54, 1.807) is 11.3 Å². The van der Waals surface area contributed by atoms with Gasteiger partial charge in [0.15, 0.2) is 0 Å². The summed E-state index contributed by atoms with van der Waals surface area (Å²) in [7, 11) is 0. The third-order valence-corrected chi connectivity index (χ3v) is 4.86. The van der Waals surface area contributed by atoms with Crippen molar-refractivity contribution in [2.75, 3.05) is 0 Å². The monoisotopic (exact) mass is 329 g/mol. The van der Waals surface area contributed by atoms with E-state index in [9.17, 15) is 9.59 Å². The fraction of sp³-hybridized carbons (Fsp3) is 0.353. The van der Waals surface area contributed by atoms with Crippen molar-refractivity contribution in [2.24, 2.45) is 0 Å². The van der Waals surface area contributed by atoms with Crippen molar-refractivity contribution >= 4 is 23.3 Å². The third-order valence-electron chi connectivity index (χ3n) is 3.91. The number of aryl methyl sites for hydroxylation is 2. The van der Waals surface area contributed by atoms with Crippen molar-refractivity contribution in [3.63, 3.8) is 0 Å². The van der Waals surface area contributed by atoms with Gasteiger partial charge in [-0.25, -0.2) is 9.78 Å². The van der Waals surface area contributed by atoms with Gasteiger partial charge in [-0.05, 0) is 18.4 Å². The second-order valence-electron chi connectivity index (χ2n) is 5.55. The number of aromatic nitrogens is 1. The van der Waals surface area contributed by atoms with E-state index in [0.717, 1.165) is 23.5 Å². The molecule has 1 aromatic carbocycles. The van der Waals surface area contributed by atoms with Crippen molar-refractivity contribution in [1.29, 1.82) is 0 Å². The van der Waals surface area contributed by atoms with Gasteiger partial charge in [0.2, 0.25) is 0 Å². The Morgan fingerprint density at radius 3 is 2.70 bits per heavy atom. The number of carbonyl (C=O) groups is 2. The van der Waals surface area contributed by atoms with Gasteiger partial charge < -0.3 is 5.32 Å².